The molecule has 10 heteroatoms. The van der Waals surface area contributed by atoms with Crippen LogP contribution in [0.3, 0.4) is 0 Å². The second-order valence-corrected chi connectivity index (χ2v) is 11.4. The number of rotatable bonds is 8. The third-order valence-electron chi connectivity index (χ3n) is 4.88. The molecule has 2 N–H and O–H groups in total. The van der Waals surface area contributed by atoms with E-state index in [-0.39, 0.29) is 10.5 Å². The highest BCUT2D eigenvalue weighted by atomic mass is 32.2. The molecule has 0 fully saturated rings. The van der Waals surface area contributed by atoms with E-state index < -0.39 is 15.9 Å². The maximum Gasteiger partial charge on any atom is 0.262 e. The number of carbonyl (C=O) groups is 1. The quantitative estimate of drug-likeness (QED) is 0.240. The first kappa shape index (κ1) is 23.9. The van der Waals surface area contributed by atoms with Crippen molar-refractivity contribution in [1.29, 1.82) is 0 Å². The van der Waals surface area contributed by atoms with Crippen molar-refractivity contribution in [1.82, 2.24) is 10.2 Å². The first-order valence-electron chi connectivity index (χ1n) is 10.3. The summed E-state index contributed by atoms with van der Waals surface area (Å²) in [4.78, 5) is 12.8. The zero-order chi connectivity index (χ0) is 24.1. The Balaban J connectivity index is 1.45. The molecule has 0 unspecified atom stereocenters. The van der Waals surface area contributed by atoms with Gasteiger partial charge < -0.3 is 0 Å². The molecule has 0 atom stereocenters. The zero-order valence-corrected chi connectivity index (χ0v) is 20.9. The molecule has 7 nitrogen and oxygen atoms in total. The lowest BCUT2D eigenvalue weighted by molar-refractivity contribution is 0.102. The van der Waals surface area contributed by atoms with Crippen molar-refractivity contribution in [3.05, 3.63) is 95.1 Å². The van der Waals surface area contributed by atoms with Gasteiger partial charge in [0.25, 0.3) is 15.9 Å². The van der Waals surface area contributed by atoms with E-state index in [1.165, 1.54) is 34.7 Å². The van der Waals surface area contributed by atoms with Gasteiger partial charge in [0.2, 0.25) is 5.13 Å². The second kappa shape index (κ2) is 10.4. The summed E-state index contributed by atoms with van der Waals surface area (Å²) in [6, 6.07) is 21.6. The average molecular weight is 511 g/mol. The summed E-state index contributed by atoms with van der Waals surface area (Å²) >= 11 is 2.80. The summed E-state index contributed by atoms with van der Waals surface area (Å²) in [5, 5.41) is 11.2. The topological polar surface area (TPSA) is 101 Å². The fourth-order valence-electron chi connectivity index (χ4n) is 3.07. The van der Waals surface area contributed by atoms with Gasteiger partial charge in [-0.15, -0.1) is 10.2 Å². The number of aryl methyl sites for hydroxylation is 2. The van der Waals surface area contributed by atoms with Gasteiger partial charge in [0.15, 0.2) is 4.34 Å². The lowest BCUT2D eigenvalue weighted by atomic mass is 10.1. The summed E-state index contributed by atoms with van der Waals surface area (Å²) in [6.07, 6.45) is 0. The highest BCUT2D eigenvalue weighted by Gasteiger charge is 2.20. The molecule has 4 rings (SSSR count). The SMILES string of the molecule is Cc1ccc(NS(=O)(=O)c2cc(C(=O)Nc3nnc(SCc4ccccc4)s3)ccc2C)cc1. The predicted molar refractivity (Wildman–Crippen MR) is 137 cm³/mol. The highest BCUT2D eigenvalue weighted by Crippen LogP contribution is 2.29. The minimum atomic E-state index is -3.87. The van der Waals surface area contributed by atoms with Crippen LogP contribution in [-0.4, -0.2) is 24.5 Å². The molecule has 174 valence electrons. The van der Waals surface area contributed by atoms with Crippen molar-refractivity contribution in [2.24, 2.45) is 0 Å². The molecule has 3 aromatic carbocycles. The van der Waals surface area contributed by atoms with Crippen LogP contribution >= 0.6 is 23.1 Å². The van der Waals surface area contributed by atoms with Crippen LogP contribution < -0.4 is 10.0 Å². The van der Waals surface area contributed by atoms with Crippen molar-refractivity contribution in [3.8, 4) is 0 Å². The first-order valence-corrected chi connectivity index (χ1v) is 13.6. The minimum absolute atomic E-state index is 0.0390. The molecule has 0 aliphatic rings. The van der Waals surface area contributed by atoms with Crippen LogP contribution in [0.2, 0.25) is 0 Å². The van der Waals surface area contributed by atoms with Gasteiger partial charge >= 0.3 is 0 Å². The molecule has 0 saturated heterocycles. The van der Waals surface area contributed by atoms with Crippen LogP contribution in [0.25, 0.3) is 0 Å². The number of amides is 1. The van der Waals surface area contributed by atoms with E-state index in [1.807, 2.05) is 49.4 Å². The maximum atomic E-state index is 13.0. The molecule has 4 aromatic rings. The standard InChI is InChI=1S/C24H22N4O3S3/c1-16-8-12-20(13-9-16)28-34(30,31)21-14-19(11-10-17(21)2)22(29)25-23-26-27-24(33-23)32-15-18-6-4-3-5-7-18/h3-14,28H,15H2,1-2H3,(H,25,26,29). The summed E-state index contributed by atoms with van der Waals surface area (Å²) in [5.41, 5.74) is 3.39. The number of hydrogen-bond acceptors (Lipinski definition) is 7. The molecule has 0 spiro atoms. The fraction of sp³-hybridized carbons (Fsp3) is 0.125. The Morgan fingerprint density at radius 3 is 2.44 bits per heavy atom. The van der Waals surface area contributed by atoms with Crippen molar-refractivity contribution in [2.45, 2.75) is 28.8 Å². The molecular formula is C24H22N4O3S3. The van der Waals surface area contributed by atoms with E-state index in [2.05, 4.69) is 20.2 Å². The van der Waals surface area contributed by atoms with Crippen molar-refractivity contribution < 1.29 is 13.2 Å². The molecule has 1 amide bonds. The third-order valence-corrected chi connectivity index (χ3v) is 8.44. The van der Waals surface area contributed by atoms with Gasteiger partial charge in [-0.2, -0.15) is 0 Å². The van der Waals surface area contributed by atoms with Gasteiger partial charge in [0, 0.05) is 17.0 Å². The lowest BCUT2D eigenvalue weighted by Gasteiger charge is -2.12. The van der Waals surface area contributed by atoms with Gasteiger partial charge in [-0.25, -0.2) is 8.42 Å². The van der Waals surface area contributed by atoms with E-state index in [0.29, 0.717) is 16.4 Å². The van der Waals surface area contributed by atoms with Crippen LogP contribution in [-0.2, 0) is 15.8 Å². The first-order chi connectivity index (χ1) is 16.3. The molecule has 0 aliphatic heterocycles. The molecular weight excluding hydrogens is 488 g/mol. The number of nitrogens with zero attached hydrogens (tertiary/aromatic N) is 2. The summed E-state index contributed by atoms with van der Waals surface area (Å²) in [5.74, 6) is 0.291. The number of carbonyl (C=O) groups excluding carboxylic acids is 1. The van der Waals surface area contributed by atoms with Gasteiger partial charge in [-0.3, -0.25) is 14.8 Å². The van der Waals surface area contributed by atoms with E-state index in [1.54, 1.807) is 31.2 Å². The van der Waals surface area contributed by atoms with Gasteiger partial charge in [0.1, 0.15) is 0 Å². The van der Waals surface area contributed by atoms with Crippen LogP contribution in [0, 0.1) is 13.8 Å². The van der Waals surface area contributed by atoms with Gasteiger partial charge in [-0.05, 0) is 49.2 Å². The van der Waals surface area contributed by atoms with E-state index >= 15 is 0 Å². The molecule has 0 aliphatic carbocycles. The number of benzene rings is 3. The normalized spacial score (nSPS) is 11.2. The Labute approximate surface area is 206 Å². The summed E-state index contributed by atoms with van der Waals surface area (Å²) in [6.45, 7) is 3.61. The molecule has 0 bridgehead atoms. The van der Waals surface area contributed by atoms with Crippen LogP contribution in [0.15, 0.2) is 82.0 Å². The third kappa shape index (κ3) is 6.02. The van der Waals surface area contributed by atoms with Gasteiger partial charge in [0.05, 0.1) is 4.90 Å². The summed E-state index contributed by atoms with van der Waals surface area (Å²) < 4.78 is 29.2. The Morgan fingerprint density at radius 1 is 0.971 bits per heavy atom. The van der Waals surface area contributed by atoms with E-state index in [0.717, 1.165) is 15.7 Å². The number of aromatic nitrogens is 2. The predicted octanol–water partition coefficient (Wildman–Crippen LogP) is 5.50. The minimum Gasteiger partial charge on any atom is -0.296 e. The number of nitrogens with one attached hydrogen (secondary N) is 2. The lowest BCUT2D eigenvalue weighted by Crippen LogP contribution is -2.17. The second-order valence-electron chi connectivity index (χ2n) is 7.55. The monoisotopic (exact) mass is 510 g/mol. The van der Waals surface area contributed by atoms with Crippen molar-refractivity contribution in [3.63, 3.8) is 0 Å². The molecule has 1 heterocycles. The maximum absolute atomic E-state index is 13.0. The fourth-order valence-corrected chi connectivity index (χ4v) is 6.10. The van der Waals surface area contributed by atoms with E-state index in [4.69, 9.17) is 0 Å². The largest absolute Gasteiger partial charge is 0.296 e. The Morgan fingerprint density at radius 2 is 1.71 bits per heavy atom. The molecule has 0 radical (unpaired) electrons. The average Bonchev–Trinajstić information content (AvgIpc) is 3.27. The van der Waals surface area contributed by atoms with Crippen LogP contribution in [0.4, 0.5) is 10.8 Å². The van der Waals surface area contributed by atoms with Crippen molar-refractivity contribution in [2.75, 3.05) is 10.0 Å². The Kier molecular flexibility index (Phi) is 7.30. The van der Waals surface area contributed by atoms with Crippen molar-refractivity contribution >= 4 is 49.8 Å². The Hall–Kier alpha value is -3.21. The number of anilines is 2. The summed E-state index contributed by atoms with van der Waals surface area (Å²) in [7, 11) is -3.87. The smallest absolute Gasteiger partial charge is 0.262 e. The Bertz CT molecular complexity index is 1400. The number of sulfonamides is 1. The number of thioether (sulfide) groups is 1. The molecule has 0 saturated carbocycles. The van der Waals surface area contributed by atoms with E-state index in [9.17, 15) is 13.2 Å². The highest BCUT2D eigenvalue weighted by molar-refractivity contribution is 8.00. The number of hydrogen-bond donors (Lipinski definition) is 2. The van der Waals surface area contributed by atoms with Gasteiger partial charge in [-0.1, -0.05) is 77.2 Å². The van der Waals surface area contributed by atoms with Crippen LogP contribution in [0.1, 0.15) is 27.0 Å². The zero-order valence-electron chi connectivity index (χ0n) is 18.5. The van der Waals surface area contributed by atoms with Crippen LogP contribution in [0.5, 0.6) is 0 Å². The molecule has 1 aromatic heterocycles. The molecule has 34 heavy (non-hydrogen) atoms.